The Morgan fingerprint density at radius 3 is 2.74 bits per heavy atom. The molecule has 1 aromatic rings. The van der Waals surface area contributed by atoms with Crippen molar-refractivity contribution in [1.29, 1.82) is 0 Å². The third-order valence-electron chi connectivity index (χ3n) is 9.06. The summed E-state index contributed by atoms with van der Waals surface area (Å²) in [5.41, 5.74) is 11.6. The number of ether oxygens (including phenoxy) is 1. The Bertz CT molecular complexity index is 1410. The summed E-state index contributed by atoms with van der Waals surface area (Å²) in [5.74, 6) is -3.33. The number of guanidine groups is 2. The molecule has 0 saturated carbocycles. The first-order valence-electron chi connectivity index (χ1n) is 14.2. The molecule has 0 bridgehead atoms. The number of carbonyl (C=O) groups is 3. The van der Waals surface area contributed by atoms with E-state index in [0.717, 1.165) is 16.9 Å². The fourth-order valence-electron chi connectivity index (χ4n) is 6.82. The predicted molar refractivity (Wildman–Crippen MR) is 150 cm³/mol. The first-order valence-corrected chi connectivity index (χ1v) is 14.2. The third kappa shape index (κ3) is 3.90. The summed E-state index contributed by atoms with van der Waals surface area (Å²) in [7, 11) is 0. The van der Waals surface area contributed by atoms with Crippen LogP contribution in [0, 0.1) is 0 Å². The zero-order valence-electron chi connectivity index (χ0n) is 23.8. The van der Waals surface area contributed by atoms with E-state index in [1.165, 1.54) is 9.80 Å². The molecule has 8 N–H and O–H groups in total. The molecule has 2 fully saturated rings. The minimum absolute atomic E-state index is 0.0493. The average Bonchev–Trinajstić information content (AvgIpc) is 3.49. The Morgan fingerprint density at radius 2 is 2.00 bits per heavy atom. The maximum absolute atomic E-state index is 13.6. The van der Waals surface area contributed by atoms with Crippen LogP contribution >= 0.6 is 0 Å². The minimum atomic E-state index is -2.67. The van der Waals surface area contributed by atoms with Gasteiger partial charge in [0.1, 0.15) is 24.4 Å². The van der Waals surface area contributed by atoms with Crippen LogP contribution in [0.2, 0.25) is 0 Å². The standard InChI is InChI=1S/C27H37N9O6/c1-4-9-34-13-18(37)35(24(34)39)11-16-20-26(33-22(28)32-20)27(40,41)17(12-36(26)23(29)30-16)31-21(38)14-6-5-7-15-19(14)42-10-8-25(15,2)3/h5-7,16-17,20,40-41H,4,8-13H2,1-3H3,(H2,29,30)(H,31,38)(H3,28,32,33)/t16-,17-,20-,26-/m0/s1. The summed E-state index contributed by atoms with van der Waals surface area (Å²) < 4.78 is 5.89. The molecule has 226 valence electrons. The van der Waals surface area contributed by atoms with Crippen LogP contribution in [0.3, 0.4) is 0 Å². The van der Waals surface area contributed by atoms with Gasteiger partial charge in [0.05, 0.1) is 24.8 Å². The molecule has 4 atom stereocenters. The lowest BCUT2D eigenvalue weighted by atomic mass is 9.79. The fraction of sp³-hybridized carbons (Fsp3) is 0.593. The van der Waals surface area contributed by atoms with Gasteiger partial charge < -0.3 is 46.9 Å². The Morgan fingerprint density at radius 1 is 1.24 bits per heavy atom. The van der Waals surface area contributed by atoms with Crippen LogP contribution in [0.4, 0.5) is 4.79 Å². The summed E-state index contributed by atoms with van der Waals surface area (Å²) in [5, 5.41) is 29.2. The molecule has 1 aromatic carbocycles. The maximum Gasteiger partial charge on any atom is 0.327 e. The molecule has 42 heavy (non-hydrogen) atoms. The summed E-state index contributed by atoms with van der Waals surface area (Å²) in [6, 6.07) is 1.60. The number of amides is 4. The largest absolute Gasteiger partial charge is 0.492 e. The molecule has 5 aliphatic heterocycles. The molecule has 5 heterocycles. The summed E-state index contributed by atoms with van der Waals surface area (Å²) in [4.78, 5) is 52.1. The number of nitrogens with one attached hydrogen (secondary N) is 2. The first kappa shape index (κ1) is 28.0. The molecular weight excluding hydrogens is 546 g/mol. The molecule has 6 rings (SSSR count). The normalized spacial score (nSPS) is 30.6. The van der Waals surface area contributed by atoms with Crippen LogP contribution in [0.5, 0.6) is 5.75 Å². The molecule has 0 aliphatic carbocycles. The lowest BCUT2D eigenvalue weighted by Crippen LogP contribution is -2.78. The SMILES string of the molecule is CCCN1CC(=O)N(C[C@@H]2N=C(N)N3C[C@H](NC(=O)c4cccc5c4OCCC5(C)C)C(O)(O)[C@@]34NC(N)=N[C@@H]24)C1=O. The lowest BCUT2D eigenvalue weighted by Gasteiger charge is -2.49. The highest BCUT2D eigenvalue weighted by Gasteiger charge is 2.73. The number of hydrogen-bond donors (Lipinski definition) is 6. The molecular formula is C27H37N9O6. The number of nitrogens with two attached hydrogens (primary N) is 2. The fourth-order valence-corrected chi connectivity index (χ4v) is 6.82. The number of para-hydroxylation sites is 1. The number of fused-ring (bicyclic) bond motifs is 1. The quantitative estimate of drug-likeness (QED) is 0.163. The van der Waals surface area contributed by atoms with Crippen molar-refractivity contribution in [1.82, 2.24) is 25.3 Å². The Labute approximate surface area is 242 Å². The van der Waals surface area contributed by atoms with Crippen molar-refractivity contribution in [2.75, 3.05) is 32.8 Å². The van der Waals surface area contributed by atoms with Gasteiger partial charge in [-0.15, -0.1) is 0 Å². The monoisotopic (exact) mass is 583 g/mol. The number of nitrogens with zero attached hydrogens (tertiary/aromatic N) is 5. The number of imide groups is 1. The molecule has 2 saturated heterocycles. The molecule has 5 aliphatic rings. The van der Waals surface area contributed by atoms with Gasteiger partial charge in [0.25, 0.3) is 5.91 Å². The van der Waals surface area contributed by atoms with E-state index in [-0.39, 0.29) is 42.5 Å². The van der Waals surface area contributed by atoms with Crippen LogP contribution in [0.25, 0.3) is 0 Å². The molecule has 0 aromatic heterocycles. The van der Waals surface area contributed by atoms with Crippen LogP contribution in [-0.4, -0.2) is 117 Å². The number of benzene rings is 1. The first-order chi connectivity index (χ1) is 19.8. The topological polar surface area (TPSA) is 211 Å². The Kier molecular flexibility index (Phi) is 6.31. The van der Waals surface area contributed by atoms with Crippen molar-refractivity contribution < 1.29 is 29.3 Å². The van der Waals surface area contributed by atoms with Crippen molar-refractivity contribution in [2.24, 2.45) is 21.5 Å². The number of hydrogen-bond acceptors (Lipinski definition) is 12. The van der Waals surface area contributed by atoms with Crippen LogP contribution in [0.1, 0.15) is 49.5 Å². The molecule has 0 unspecified atom stereocenters. The Balaban J connectivity index is 1.29. The van der Waals surface area contributed by atoms with E-state index in [1.54, 1.807) is 12.1 Å². The highest BCUT2D eigenvalue weighted by Crippen LogP contribution is 2.45. The predicted octanol–water partition coefficient (Wildman–Crippen LogP) is -1.80. The van der Waals surface area contributed by atoms with Gasteiger partial charge in [-0.1, -0.05) is 32.9 Å². The van der Waals surface area contributed by atoms with Crippen LogP contribution < -0.4 is 26.8 Å². The van der Waals surface area contributed by atoms with Gasteiger partial charge in [0.2, 0.25) is 11.7 Å². The van der Waals surface area contributed by atoms with Gasteiger partial charge in [0.15, 0.2) is 17.6 Å². The van der Waals surface area contributed by atoms with Gasteiger partial charge in [-0.25, -0.2) is 14.8 Å². The summed E-state index contributed by atoms with van der Waals surface area (Å²) >= 11 is 0. The third-order valence-corrected chi connectivity index (χ3v) is 9.06. The summed E-state index contributed by atoms with van der Waals surface area (Å²) in [6.07, 6.45) is 1.48. The van der Waals surface area contributed by atoms with E-state index >= 15 is 0 Å². The van der Waals surface area contributed by atoms with Crippen molar-refractivity contribution in [3.05, 3.63) is 29.3 Å². The van der Waals surface area contributed by atoms with Crippen molar-refractivity contribution in [3.8, 4) is 5.75 Å². The highest BCUT2D eigenvalue weighted by molar-refractivity contribution is 6.02. The van der Waals surface area contributed by atoms with E-state index in [2.05, 4.69) is 34.5 Å². The van der Waals surface area contributed by atoms with Crippen LogP contribution in [0.15, 0.2) is 28.2 Å². The smallest absolute Gasteiger partial charge is 0.327 e. The average molecular weight is 584 g/mol. The van der Waals surface area contributed by atoms with E-state index in [9.17, 15) is 24.6 Å². The Hall–Kier alpha value is -4.11. The van der Waals surface area contributed by atoms with E-state index in [0.29, 0.717) is 25.3 Å². The molecule has 0 radical (unpaired) electrons. The van der Waals surface area contributed by atoms with E-state index < -0.39 is 47.4 Å². The maximum atomic E-state index is 13.6. The number of aliphatic imine (C=N–C) groups is 2. The van der Waals surface area contributed by atoms with Gasteiger partial charge in [-0.3, -0.25) is 14.5 Å². The number of carbonyl (C=O) groups excluding carboxylic acids is 3. The lowest BCUT2D eigenvalue weighted by molar-refractivity contribution is -0.230. The number of rotatable bonds is 6. The minimum Gasteiger partial charge on any atom is -0.492 e. The van der Waals surface area contributed by atoms with Gasteiger partial charge in [-0.05, 0) is 24.3 Å². The van der Waals surface area contributed by atoms with Gasteiger partial charge in [0, 0.05) is 18.7 Å². The molecule has 4 amide bonds. The van der Waals surface area contributed by atoms with E-state index in [1.807, 2.05) is 13.0 Å². The van der Waals surface area contributed by atoms with E-state index in [4.69, 9.17) is 16.2 Å². The molecule has 15 heteroatoms. The molecule has 15 nitrogen and oxygen atoms in total. The second-order valence-electron chi connectivity index (χ2n) is 12.1. The van der Waals surface area contributed by atoms with Crippen LogP contribution in [-0.2, 0) is 10.2 Å². The zero-order chi connectivity index (χ0) is 30.2. The van der Waals surface area contributed by atoms with Crippen molar-refractivity contribution >= 4 is 29.8 Å². The molecule has 1 spiro atoms. The van der Waals surface area contributed by atoms with Crippen molar-refractivity contribution in [3.63, 3.8) is 0 Å². The number of aliphatic hydroxyl groups is 2. The summed E-state index contributed by atoms with van der Waals surface area (Å²) in [6.45, 7) is 6.57. The van der Waals surface area contributed by atoms with Gasteiger partial charge >= 0.3 is 6.03 Å². The number of urea groups is 1. The van der Waals surface area contributed by atoms with Gasteiger partial charge in [-0.2, -0.15) is 0 Å². The zero-order valence-corrected chi connectivity index (χ0v) is 23.8. The second kappa shape index (κ2) is 9.46. The highest BCUT2D eigenvalue weighted by atomic mass is 16.5. The van der Waals surface area contributed by atoms with Crippen molar-refractivity contribution in [2.45, 2.75) is 68.6 Å². The second-order valence-corrected chi connectivity index (χ2v) is 12.1.